The number of thioether (sulfide) groups is 1. The second-order valence-electron chi connectivity index (χ2n) is 7.35. The Hall–Kier alpha value is -4.65. The lowest BCUT2D eigenvalue weighted by molar-refractivity contribution is -0.128. The SMILES string of the molecule is NC(=O)C1C=C(c2ccc(C(=O)O)c(C(=O)O)c2)SC1(C(N)=O)c1ccc(C(=O)O)c(C(=O)O)c1. The van der Waals surface area contributed by atoms with Crippen molar-refractivity contribution in [1.29, 1.82) is 0 Å². The highest BCUT2D eigenvalue weighted by atomic mass is 32.2. The second kappa shape index (κ2) is 8.95. The normalized spacial score (nSPS) is 19.0. The summed E-state index contributed by atoms with van der Waals surface area (Å²) < 4.78 is -2.00. The van der Waals surface area contributed by atoms with E-state index in [1.165, 1.54) is 12.1 Å². The van der Waals surface area contributed by atoms with Crippen LogP contribution < -0.4 is 11.5 Å². The van der Waals surface area contributed by atoms with Crippen molar-refractivity contribution in [2.24, 2.45) is 17.4 Å². The number of hydrogen-bond acceptors (Lipinski definition) is 7. The average Bonchev–Trinajstić information content (AvgIpc) is 3.20. The summed E-state index contributed by atoms with van der Waals surface area (Å²) in [5.74, 6) is -9.72. The second-order valence-corrected chi connectivity index (χ2v) is 8.64. The number of carboxylic acids is 4. The maximum absolute atomic E-state index is 12.8. The maximum atomic E-state index is 12.8. The number of benzene rings is 2. The first-order valence-electron chi connectivity index (χ1n) is 9.53. The van der Waals surface area contributed by atoms with Crippen molar-refractivity contribution in [3.05, 3.63) is 75.9 Å². The topological polar surface area (TPSA) is 235 Å². The van der Waals surface area contributed by atoms with Crippen LogP contribution in [0.2, 0.25) is 0 Å². The summed E-state index contributed by atoms with van der Waals surface area (Å²) >= 11 is 0.683. The molecule has 2 aromatic rings. The molecule has 0 bridgehead atoms. The molecule has 13 heteroatoms. The zero-order chi connectivity index (χ0) is 26.2. The van der Waals surface area contributed by atoms with Crippen LogP contribution in [-0.2, 0) is 14.3 Å². The average molecular weight is 500 g/mol. The molecule has 35 heavy (non-hydrogen) atoms. The third-order valence-corrected chi connectivity index (χ3v) is 6.98. The van der Waals surface area contributed by atoms with E-state index >= 15 is 0 Å². The Bertz CT molecular complexity index is 1370. The van der Waals surface area contributed by atoms with Gasteiger partial charge in [-0.1, -0.05) is 18.2 Å². The Balaban J connectivity index is 2.23. The molecule has 0 radical (unpaired) electrons. The van der Waals surface area contributed by atoms with Crippen LogP contribution in [0.3, 0.4) is 0 Å². The largest absolute Gasteiger partial charge is 0.478 e. The molecule has 2 aromatic carbocycles. The first-order valence-corrected chi connectivity index (χ1v) is 10.3. The van der Waals surface area contributed by atoms with E-state index in [0.29, 0.717) is 11.8 Å². The van der Waals surface area contributed by atoms with E-state index in [1.54, 1.807) is 0 Å². The van der Waals surface area contributed by atoms with Gasteiger partial charge in [0.25, 0.3) is 0 Å². The van der Waals surface area contributed by atoms with Crippen molar-refractivity contribution < 1.29 is 49.2 Å². The minimum absolute atomic E-state index is 0.118. The number of hydrogen-bond donors (Lipinski definition) is 6. The number of primary amides is 2. The summed E-state index contributed by atoms with van der Waals surface area (Å²) in [6, 6.07) is 6.34. The molecule has 0 aromatic heterocycles. The molecule has 0 aliphatic carbocycles. The highest BCUT2D eigenvalue weighted by Gasteiger charge is 2.53. The number of carboxylic acid groups (broad SMARTS) is 4. The zero-order valence-corrected chi connectivity index (χ0v) is 18.2. The smallest absolute Gasteiger partial charge is 0.336 e. The molecule has 1 heterocycles. The Morgan fingerprint density at radius 3 is 1.66 bits per heavy atom. The molecule has 0 saturated heterocycles. The Morgan fingerprint density at radius 1 is 0.714 bits per heavy atom. The minimum atomic E-state index is -2.00. The lowest BCUT2D eigenvalue weighted by Gasteiger charge is -2.31. The minimum Gasteiger partial charge on any atom is -0.478 e. The standard InChI is InChI=1S/C22H16N2O10S/c23-16(25)14-7-15(8-1-3-10(17(26)27)12(5-8)19(30)31)35-22(14,21(24)34)9-2-4-11(18(28)29)13(6-9)20(32)33/h1-7,14H,(H2,23,25)(H2,24,34)(H,26,27)(H,28,29)(H,30,31)(H,32,33). The predicted octanol–water partition coefficient (Wildman–Crippen LogP) is 1.05. The van der Waals surface area contributed by atoms with Gasteiger partial charge in [0.05, 0.1) is 28.2 Å². The number of amides is 2. The summed E-state index contributed by atoms with van der Waals surface area (Å²) in [6.45, 7) is 0. The first-order chi connectivity index (χ1) is 16.3. The molecule has 2 amide bonds. The van der Waals surface area contributed by atoms with Crippen LogP contribution in [0, 0.1) is 5.92 Å². The maximum Gasteiger partial charge on any atom is 0.336 e. The van der Waals surface area contributed by atoms with Gasteiger partial charge in [-0.25, -0.2) is 19.2 Å². The van der Waals surface area contributed by atoms with E-state index in [-0.39, 0.29) is 16.0 Å². The van der Waals surface area contributed by atoms with Crippen molar-refractivity contribution in [2.75, 3.05) is 0 Å². The van der Waals surface area contributed by atoms with Crippen molar-refractivity contribution in [3.63, 3.8) is 0 Å². The van der Waals surface area contributed by atoms with Crippen LogP contribution in [0.1, 0.15) is 52.6 Å². The highest BCUT2D eigenvalue weighted by Crippen LogP contribution is 2.56. The van der Waals surface area contributed by atoms with Crippen molar-refractivity contribution in [1.82, 2.24) is 0 Å². The number of rotatable bonds is 8. The third-order valence-electron chi connectivity index (χ3n) is 5.37. The van der Waals surface area contributed by atoms with Gasteiger partial charge in [0.1, 0.15) is 4.75 Å². The lowest BCUT2D eigenvalue weighted by Crippen LogP contribution is -2.47. The van der Waals surface area contributed by atoms with Gasteiger partial charge >= 0.3 is 23.9 Å². The molecule has 180 valence electrons. The molecular formula is C22H16N2O10S. The van der Waals surface area contributed by atoms with Gasteiger partial charge in [0.15, 0.2) is 0 Å². The first kappa shape index (κ1) is 25.0. The molecule has 12 nitrogen and oxygen atoms in total. The molecule has 3 rings (SSSR count). The van der Waals surface area contributed by atoms with Gasteiger partial charge < -0.3 is 31.9 Å². The molecule has 2 atom stereocenters. The van der Waals surface area contributed by atoms with E-state index in [0.717, 1.165) is 30.3 Å². The van der Waals surface area contributed by atoms with E-state index < -0.39 is 68.6 Å². The van der Waals surface area contributed by atoms with Crippen LogP contribution in [0.4, 0.5) is 0 Å². The molecule has 0 spiro atoms. The van der Waals surface area contributed by atoms with Gasteiger partial charge in [0, 0.05) is 4.91 Å². The fraction of sp³-hybridized carbons (Fsp3) is 0.0909. The third kappa shape index (κ3) is 4.19. The quantitative estimate of drug-likeness (QED) is 0.299. The molecule has 0 saturated carbocycles. The van der Waals surface area contributed by atoms with E-state index in [1.807, 2.05) is 0 Å². The highest BCUT2D eigenvalue weighted by molar-refractivity contribution is 8.10. The lowest BCUT2D eigenvalue weighted by atomic mass is 9.82. The van der Waals surface area contributed by atoms with Gasteiger partial charge in [-0.05, 0) is 35.4 Å². The van der Waals surface area contributed by atoms with Crippen LogP contribution in [0.15, 0.2) is 42.5 Å². The zero-order valence-electron chi connectivity index (χ0n) is 17.4. The van der Waals surface area contributed by atoms with Crippen molar-refractivity contribution in [2.45, 2.75) is 4.75 Å². The van der Waals surface area contributed by atoms with Gasteiger partial charge in [-0.15, -0.1) is 11.8 Å². The van der Waals surface area contributed by atoms with Crippen LogP contribution in [0.25, 0.3) is 4.91 Å². The molecular weight excluding hydrogens is 484 g/mol. The molecule has 1 aliphatic heterocycles. The number of carbonyl (C=O) groups excluding carboxylic acids is 2. The van der Waals surface area contributed by atoms with Gasteiger partial charge in [-0.2, -0.15) is 0 Å². The number of nitrogens with two attached hydrogens (primary N) is 2. The summed E-state index contributed by atoms with van der Waals surface area (Å²) in [4.78, 5) is 71.2. The molecule has 1 aliphatic rings. The Morgan fingerprint density at radius 2 is 1.20 bits per heavy atom. The van der Waals surface area contributed by atoms with E-state index in [4.69, 9.17) is 11.5 Å². The van der Waals surface area contributed by atoms with E-state index in [2.05, 4.69) is 0 Å². The van der Waals surface area contributed by atoms with Crippen LogP contribution in [0.5, 0.6) is 0 Å². The molecule has 8 N–H and O–H groups in total. The van der Waals surface area contributed by atoms with Crippen LogP contribution >= 0.6 is 11.8 Å². The Kier molecular flexibility index (Phi) is 6.39. The molecule has 0 fully saturated rings. The summed E-state index contributed by atoms with van der Waals surface area (Å²) in [5, 5.41) is 37.4. The van der Waals surface area contributed by atoms with Crippen LogP contribution in [-0.4, -0.2) is 56.1 Å². The van der Waals surface area contributed by atoms with Crippen molar-refractivity contribution in [3.8, 4) is 0 Å². The number of aromatic carboxylic acids is 4. The van der Waals surface area contributed by atoms with Gasteiger partial charge in [-0.3, -0.25) is 9.59 Å². The van der Waals surface area contributed by atoms with Crippen molar-refractivity contribution >= 4 is 52.4 Å². The summed E-state index contributed by atoms with van der Waals surface area (Å²) in [7, 11) is 0. The fourth-order valence-electron chi connectivity index (χ4n) is 3.76. The predicted molar refractivity (Wildman–Crippen MR) is 120 cm³/mol. The monoisotopic (exact) mass is 500 g/mol. The summed E-state index contributed by atoms with van der Waals surface area (Å²) in [5.41, 5.74) is 8.92. The van der Waals surface area contributed by atoms with Gasteiger partial charge in [0.2, 0.25) is 11.8 Å². The number of carbonyl (C=O) groups is 6. The molecule has 2 unspecified atom stereocenters. The fourth-order valence-corrected chi connectivity index (χ4v) is 5.21. The summed E-state index contributed by atoms with van der Waals surface area (Å²) in [6.07, 6.45) is 1.24. The Labute approximate surface area is 199 Å². The van der Waals surface area contributed by atoms with E-state index in [9.17, 15) is 49.2 Å².